The Morgan fingerprint density at radius 1 is 1.00 bits per heavy atom. The maximum absolute atomic E-state index is 9.08. The lowest BCUT2D eigenvalue weighted by Crippen LogP contribution is -2.23. The van der Waals surface area contributed by atoms with E-state index >= 15 is 0 Å². The van der Waals surface area contributed by atoms with Gasteiger partial charge in [0.05, 0.1) is 46.2 Å². The molecular weight excluding hydrogens is 394 g/mol. The van der Waals surface area contributed by atoms with Crippen molar-refractivity contribution >= 4 is 16.8 Å². The Hall–Kier alpha value is -0.240. The molecule has 10 heteroatoms. The summed E-state index contributed by atoms with van der Waals surface area (Å²) in [5, 5.41) is 17.9. The first kappa shape index (κ1) is 21.5. The summed E-state index contributed by atoms with van der Waals surface area (Å²) in [6.45, 7) is 2.17. The summed E-state index contributed by atoms with van der Waals surface area (Å²) < 4.78 is 34.8. The molecule has 152 valence electrons. The molecule has 3 rings (SSSR count). The number of hydrogen-bond acceptors (Lipinski definition) is 8. The van der Waals surface area contributed by atoms with Crippen LogP contribution in [0.25, 0.3) is 0 Å². The molecule has 2 fully saturated rings. The van der Waals surface area contributed by atoms with Crippen LogP contribution in [0.1, 0.15) is 11.5 Å². The monoisotopic (exact) mass is 420 g/mol. The molecule has 2 N–H and O–H groups in total. The van der Waals surface area contributed by atoms with E-state index in [0.717, 1.165) is 5.56 Å². The van der Waals surface area contributed by atoms with Gasteiger partial charge in [-0.1, -0.05) is 30.3 Å². The van der Waals surface area contributed by atoms with Gasteiger partial charge < -0.3 is 37.8 Å². The molecule has 0 aliphatic carbocycles. The van der Waals surface area contributed by atoms with Crippen molar-refractivity contribution < 1.29 is 37.8 Å². The quantitative estimate of drug-likeness (QED) is 0.416. The largest absolute Gasteiger partial charge is 0.394 e. The van der Waals surface area contributed by atoms with E-state index < -0.39 is 23.0 Å². The van der Waals surface area contributed by atoms with Gasteiger partial charge >= 0.3 is 0 Å². The summed E-state index contributed by atoms with van der Waals surface area (Å²) in [6, 6.07) is 10.00. The Bertz CT molecular complexity index is 531. The van der Waals surface area contributed by atoms with E-state index in [1.165, 1.54) is 0 Å². The zero-order chi connectivity index (χ0) is 18.9. The van der Waals surface area contributed by atoms with Crippen LogP contribution in [-0.4, -0.2) is 74.8 Å². The fraction of sp³-hybridized carbons (Fsp3) is 0.647. The topological polar surface area (TPSA) is 95.8 Å². The van der Waals surface area contributed by atoms with Crippen LogP contribution < -0.4 is 0 Å². The van der Waals surface area contributed by atoms with Crippen LogP contribution in [0.4, 0.5) is 0 Å². The lowest BCUT2D eigenvalue weighted by molar-refractivity contribution is -0.0752. The first-order chi connectivity index (χ1) is 13.3. The number of aliphatic hydroxyl groups is 2. The predicted molar refractivity (Wildman–Crippen MR) is 100 cm³/mol. The lowest BCUT2D eigenvalue weighted by Gasteiger charge is -2.32. The van der Waals surface area contributed by atoms with Crippen LogP contribution in [0.3, 0.4) is 0 Å². The van der Waals surface area contributed by atoms with Gasteiger partial charge in [0, 0.05) is 5.92 Å². The summed E-state index contributed by atoms with van der Waals surface area (Å²) in [5.74, 6) is -0.0651. The zero-order valence-electron chi connectivity index (χ0n) is 15.0. The van der Waals surface area contributed by atoms with E-state index in [1.807, 2.05) is 30.3 Å². The van der Waals surface area contributed by atoms with Gasteiger partial charge in [-0.3, -0.25) is 0 Å². The molecule has 4 atom stereocenters. The Balaban J connectivity index is 1.78. The normalized spacial score (nSPS) is 25.7. The smallest absolute Gasteiger partial charge is 0.187 e. The number of benzene rings is 1. The molecule has 0 amide bonds. The molecule has 2 heterocycles. The van der Waals surface area contributed by atoms with Gasteiger partial charge in [0.25, 0.3) is 0 Å². The minimum absolute atomic E-state index is 0.0349. The van der Waals surface area contributed by atoms with Gasteiger partial charge in [0.1, 0.15) is 12.0 Å². The molecule has 0 bridgehead atoms. The van der Waals surface area contributed by atoms with Gasteiger partial charge in [-0.15, -0.1) is 0 Å². The maximum atomic E-state index is 9.08. The first-order valence-electron chi connectivity index (χ1n) is 8.93. The van der Waals surface area contributed by atoms with Crippen molar-refractivity contribution in [2.75, 3.05) is 52.9 Å². The second-order valence-electron chi connectivity index (χ2n) is 5.89. The van der Waals surface area contributed by atoms with E-state index in [2.05, 4.69) is 0 Å². The van der Waals surface area contributed by atoms with E-state index in [0.29, 0.717) is 26.4 Å². The third kappa shape index (κ3) is 6.12. The number of hydrogen-bond donors (Lipinski definition) is 2. The van der Waals surface area contributed by atoms with Crippen LogP contribution in [0.2, 0.25) is 0 Å². The van der Waals surface area contributed by atoms with Crippen molar-refractivity contribution in [1.82, 2.24) is 0 Å². The van der Waals surface area contributed by atoms with Crippen molar-refractivity contribution in [3.05, 3.63) is 35.9 Å². The Morgan fingerprint density at radius 2 is 1.74 bits per heavy atom. The van der Waals surface area contributed by atoms with Gasteiger partial charge in [-0.2, -0.15) is 0 Å². The lowest BCUT2D eigenvalue weighted by atomic mass is 10.0. The van der Waals surface area contributed by atoms with Crippen molar-refractivity contribution in [1.29, 1.82) is 0 Å². The molecular formula is C17H26O8P2. The van der Waals surface area contributed by atoms with Crippen molar-refractivity contribution in [3.63, 3.8) is 0 Å². The molecule has 2 saturated heterocycles. The molecule has 2 aliphatic rings. The van der Waals surface area contributed by atoms with Gasteiger partial charge in [0.2, 0.25) is 0 Å². The van der Waals surface area contributed by atoms with Crippen LogP contribution in [0, 0.1) is 0 Å². The molecule has 1 aromatic carbocycles. The Kier molecular flexibility index (Phi) is 9.29. The molecule has 8 nitrogen and oxygen atoms in total. The summed E-state index contributed by atoms with van der Waals surface area (Å²) in [6.07, 6.45) is -0.502. The highest BCUT2D eigenvalue weighted by Crippen LogP contribution is 2.68. The molecule has 0 saturated carbocycles. The highest BCUT2D eigenvalue weighted by atomic mass is 31.2. The summed E-state index contributed by atoms with van der Waals surface area (Å²) in [5.41, 5.74) is 1.08. The molecule has 0 aromatic heterocycles. The standard InChI is InChI=1S/C17H26O8P2/c18-6-8-20-12-15(14-4-2-1-3-5-14)17(26-22-10-11-23-26)27-24-13-16(25-27)21-9-7-19/h1-5,15-19H,6-13H2. The molecule has 1 aromatic rings. The molecule has 4 unspecified atom stereocenters. The minimum atomic E-state index is -1.33. The van der Waals surface area contributed by atoms with E-state index in [9.17, 15) is 0 Å². The number of ether oxygens (including phenoxy) is 2. The Labute approximate surface area is 161 Å². The fourth-order valence-electron chi connectivity index (χ4n) is 2.86. The van der Waals surface area contributed by atoms with Crippen molar-refractivity contribution in [2.45, 2.75) is 17.6 Å². The molecule has 2 aliphatic heterocycles. The summed E-state index contributed by atoms with van der Waals surface area (Å²) in [4.78, 5) is 0. The van der Waals surface area contributed by atoms with Gasteiger partial charge in [-0.25, -0.2) is 0 Å². The third-order valence-electron chi connectivity index (χ3n) is 4.03. The first-order valence-corrected chi connectivity index (χ1v) is 11.4. The van der Waals surface area contributed by atoms with E-state index in [4.69, 9.17) is 37.8 Å². The van der Waals surface area contributed by atoms with E-state index in [1.54, 1.807) is 0 Å². The van der Waals surface area contributed by atoms with E-state index in [-0.39, 0.29) is 37.7 Å². The van der Waals surface area contributed by atoms with Crippen molar-refractivity contribution in [3.8, 4) is 0 Å². The van der Waals surface area contributed by atoms with Gasteiger partial charge in [-0.05, 0) is 5.56 Å². The number of rotatable bonds is 11. The van der Waals surface area contributed by atoms with Crippen LogP contribution in [0.5, 0.6) is 0 Å². The maximum Gasteiger partial charge on any atom is 0.187 e. The van der Waals surface area contributed by atoms with Crippen LogP contribution >= 0.6 is 16.8 Å². The fourth-order valence-corrected chi connectivity index (χ4v) is 7.19. The van der Waals surface area contributed by atoms with Crippen LogP contribution in [0.15, 0.2) is 30.3 Å². The highest BCUT2D eigenvalue weighted by Gasteiger charge is 2.47. The van der Waals surface area contributed by atoms with Gasteiger partial charge in [0.15, 0.2) is 23.0 Å². The Morgan fingerprint density at radius 3 is 2.44 bits per heavy atom. The molecule has 0 spiro atoms. The second kappa shape index (κ2) is 11.7. The van der Waals surface area contributed by atoms with Crippen molar-refractivity contribution in [2.24, 2.45) is 0 Å². The second-order valence-corrected chi connectivity index (χ2v) is 9.54. The minimum Gasteiger partial charge on any atom is -0.394 e. The highest BCUT2D eigenvalue weighted by molar-refractivity contribution is 7.66. The summed E-state index contributed by atoms with van der Waals surface area (Å²) in [7, 11) is -2.53. The molecule has 27 heavy (non-hydrogen) atoms. The average molecular weight is 420 g/mol. The SMILES string of the molecule is OCCOCC(c1ccccc1)C(P1OCCO1)P1OCC(OCCO)O1. The third-order valence-corrected chi connectivity index (χ3v) is 8.46. The summed E-state index contributed by atoms with van der Waals surface area (Å²) >= 11 is 0. The average Bonchev–Trinajstić information content (AvgIpc) is 3.39. The zero-order valence-corrected chi connectivity index (χ0v) is 16.8. The van der Waals surface area contributed by atoms with Crippen LogP contribution in [-0.2, 0) is 27.6 Å². The number of aliphatic hydroxyl groups excluding tert-OH is 2. The predicted octanol–water partition coefficient (Wildman–Crippen LogP) is 2.16. The molecule has 0 radical (unpaired) electrons.